The zero-order valence-corrected chi connectivity index (χ0v) is 10.4. The number of anilines is 1. The Labute approximate surface area is 109 Å². The Kier molecular flexibility index (Phi) is 2.19. The number of nitrogens with one attached hydrogen (secondary N) is 1. The summed E-state index contributed by atoms with van der Waals surface area (Å²) in [5.41, 5.74) is 8.82. The zero-order valence-electron chi connectivity index (χ0n) is 10.4. The summed E-state index contributed by atoms with van der Waals surface area (Å²) >= 11 is 0. The lowest BCUT2D eigenvalue weighted by molar-refractivity contribution is 0.752. The number of pyridine rings is 1. The van der Waals surface area contributed by atoms with Crippen molar-refractivity contribution in [2.24, 2.45) is 5.73 Å². The first-order valence-electron chi connectivity index (χ1n) is 6.40. The SMILES string of the molecule is NC1CCN(c2cn[nH]c3cnc4nccc4c23)C1. The molecule has 4 rings (SSSR count). The summed E-state index contributed by atoms with van der Waals surface area (Å²) in [6.07, 6.45) is 6.47. The van der Waals surface area contributed by atoms with E-state index in [-0.39, 0.29) is 6.04 Å². The lowest BCUT2D eigenvalue weighted by Crippen LogP contribution is -2.26. The number of H-pyrrole nitrogens is 1. The maximum Gasteiger partial charge on any atom is 0.159 e. The second kappa shape index (κ2) is 3.89. The summed E-state index contributed by atoms with van der Waals surface area (Å²) in [5, 5.41) is 9.41. The average Bonchev–Trinajstić information content (AvgIpc) is 3.06. The van der Waals surface area contributed by atoms with E-state index in [1.807, 2.05) is 12.3 Å². The first-order valence-corrected chi connectivity index (χ1v) is 6.40. The predicted octanol–water partition coefficient (Wildman–Crippen LogP) is 1.04. The summed E-state index contributed by atoms with van der Waals surface area (Å²) in [5.74, 6) is 0. The van der Waals surface area contributed by atoms with Crippen molar-refractivity contribution in [2.75, 3.05) is 18.0 Å². The van der Waals surface area contributed by atoms with E-state index in [1.165, 1.54) is 0 Å². The van der Waals surface area contributed by atoms with Crippen LogP contribution in [0, 0.1) is 0 Å². The fraction of sp³-hybridized carbons (Fsp3) is 0.308. The molecule has 4 heterocycles. The fourth-order valence-corrected chi connectivity index (χ4v) is 2.79. The van der Waals surface area contributed by atoms with Crippen LogP contribution in [0.5, 0.6) is 0 Å². The van der Waals surface area contributed by atoms with Crippen LogP contribution in [-0.4, -0.2) is 39.3 Å². The van der Waals surface area contributed by atoms with Crippen molar-refractivity contribution in [3.05, 3.63) is 24.7 Å². The number of rotatable bonds is 1. The number of fused-ring (bicyclic) bond motifs is 3. The van der Waals surface area contributed by atoms with Crippen LogP contribution in [0.3, 0.4) is 0 Å². The van der Waals surface area contributed by atoms with Crippen LogP contribution in [0.15, 0.2) is 24.7 Å². The van der Waals surface area contributed by atoms with E-state index in [9.17, 15) is 0 Å². The molecule has 0 aliphatic carbocycles. The first-order chi connectivity index (χ1) is 9.33. The molecule has 96 valence electrons. The standard InChI is InChI=1S/C13H14N6/c14-8-2-4-19(7-8)11-6-17-18-10-5-16-13-9(12(10)11)1-3-15-13/h1,3,5-6,8,18H,2,4,7,14H2. The topological polar surface area (TPSA) is 83.7 Å². The van der Waals surface area contributed by atoms with Gasteiger partial charge in [-0.2, -0.15) is 5.10 Å². The monoisotopic (exact) mass is 254 g/mol. The molecule has 1 aliphatic heterocycles. The summed E-state index contributed by atoms with van der Waals surface area (Å²) in [6.45, 7) is 1.85. The third-order valence-corrected chi connectivity index (χ3v) is 3.73. The Morgan fingerprint density at radius 2 is 2.26 bits per heavy atom. The van der Waals surface area contributed by atoms with E-state index in [4.69, 9.17) is 5.73 Å². The van der Waals surface area contributed by atoms with Gasteiger partial charge in [0.05, 0.1) is 23.6 Å². The van der Waals surface area contributed by atoms with Crippen LogP contribution in [0.1, 0.15) is 6.42 Å². The molecule has 0 radical (unpaired) electrons. The lowest BCUT2D eigenvalue weighted by atomic mass is 10.1. The molecule has 19 heavy (non-hydrogen) atoms. The molecule has 0 spiro atoms. The second-order valence-electron chi connectivity index (χ2n) is 4.98. The fourth-order valence-electron chi connectivity index (χ4n) is 2.79. The number of aromatic amines is 1. The zero-order chi connectivity index (χ0) is 12.8. The number of nitrogens with two attached hydrogens (primary N) is 1. The van der Waals surface area contributed by atoms with Crippen LogP contribution >= 0.6 is 0 Å². The third kappa shape index (κ3) is 1.57. The van der Waals surface area contributed by atoms with Crippen molar-refractivity contribution in [3.8, 4) is 0 Å². The molecule has 3 aromatic rings. The van der Waals surface area contributed by atoms with Gasteiger partial charge in [-0.25, -0.2) is 9.97 Å². The van der Waals surface area contributed by atoms with Crippen molar-refractivity contribution >= 4 is 27.6 Å². The molecule has 0 aromatic carbocycles. The van der Waals surface area contributed by atoms with Crippen LogP contribution in [0.25, 0.3) is 21.9 Å². The van der Waals surface area contributed by atoms with Crippen LogP contribution in [0.2, 0.25) is 0 Å². The third-order valence-electron chi connectivity index (χ3n) is 3.73. The van der Waals surface area contributed by atoms with Crippen LogP contribution < -0.4 is 10.6 Å². The Morgan fingerprint density at radius 3 is 3.11 bits per heavy atom. The van der Waals surface area contributed by atoms with Crippen LogP contribution in [0.4, 0.5) is 5.69 Å². The van der Waals surface area contributed by atoms with Gasteiger partial charge in [0, 0.05) is 36.1 Å². The Balaban J connectivity index is 2.01. The molecule has 1 fully saturated rings. The van der Waals surface area contributed by atoms with Gasteiger partial charge in [0.1, 0.15) is 0 Å². The van der Waals surface area contributed by atoms with Gasteiger partial charge in [-0.15, -0.1) is 0 Å². The number of nitrogens with zero attached hydrogens (tertiary/aromatic N) is 4. The molecule has 6 heteroatoms. The second-order valence-corrected chi connectivity index (χ2v) is 4.98. The Bertz CT molecular complexity index is 749. The minimum absolute atomic E-state index is 0.245. The highest BCUT2D eigenvalue weighted by Gasteiger charge is 2.22. The van der Waals surface area contributed by atoms with Crippen molar-refractivity contribution in [2.45, 2.75) is 12.5 Å². The van der Waals surface area contributed by atoms with E-state index in [0.717, 1.165) is 47.1 Å². The highest BCUT2D eigenvalue weighted by Crippen LogP contribution is 2.31. The molecule has 6 nitrogen and oxygen atoms in total. The molecule has 1 unspecified atom stereocenters. The minimum Gasteiger partial charge on any atom is -0.368 e. The van der Waals surface area contributed by atoms with Gasteiger partial charge in [-0.3, -0.25) is 5.10 Å². The summed E-state index contributed by atoms with van der Waals surface area (Å²) in [4.78, 5) is 10.9. The van der Waals surface area contributed by atoms with Gasteiger partial charge in [-0.05, 0) is 12.5 Å². The Morgan fingerprint density at radius 1 is 1.32 bits per heavy atom. The van der Waals surface area contributed by atoms with Crippen molar-refractivity contribution in [1.29, 1.82) is 0 Å². The lowest BCUT2D eigenvalue weighted by Gasteiger charge is -2.19. The van der Waals surface area contributed by atoms with Crippen LogP contribution in [-0.2, 0) is 0 Å². The van der Waals surface area contributed by atoms with Crippen molar-refractivity contribution in [3.63, 3.8) is 0 Å². The molecule has 0 amide bonds. The number of aromatic nitrogens is 4. The number of hydrogen-bond acceptors (Lipinski definition) is 5. The van der Waals surface area contributed by atoms with E-state index >= 15 is 0 Å². The van der Waals surface area contributed by atoms with E-state index in [2.05, 4.69) is 25.1 Å². The number of hydrogen-bond donors (Lipinski definition) is 2. The molecule has 1 aliphatic rings. The van der Waals surface area contributed by atoms with E-state index < -0.39 is 0 Å². The van der Waals surface area contributed by atoms with Gasteiger partial charge in [0.2, 0.25) is 0 Å². The van der Waals surface area contributed by atoms with Gasteiger partial charge < -0.3 is 10.6 Å². The average molecular weight is 254 g/mol. The molecule has 0 saturated carbocycles. The molecule has 0 bridgehead atoms. The summed E-state index contributed by atoms with van der Waals surface area (Å²) in [7, 11) is 0. The minimum atomic E-state index is 0.245. The smallest absolute Gasteiger partial charge is 0.159 e. The molecular formula is C13H14N6. The molecular weight excluding hydrogens is 240 g/mol. The summed E-state index contributed by atoms with van der Waals surface area (Å²) < 4.78 is 0. The highest BCUT2D eigenvalue weighted by atomic mass is 15.2. The van der Waals surface area contributed by atoms with Gasteiger partial charge in [-0.1, -0.05) is 0 Å². The maximum atomic E-state index is 6.00. The van der Waals surface area contributed by atoms with Gasteiger partial charge in [0.15, 0.2) is 5.65 Å². The molecule has 1 saturated heterocycles. The molecule has 3 N–H and O–H groups in total. The predicted molar refractivity (Wildman–Crippen MR) is 74.0 cm³/mol. The van der Waals surface area contributed by atoms with Gasteiger partial charge in [0.25, 0.3) is 0 Å². The maximum absolute atomic E-state index is 6.00. The molecule has 3 aromatic heterocycles. The highest BCUT2D eigenvalue weighted by molar-refractivity contribution is 6.09. The molecule has 1 atom stereocenters. The van der Waals surface area contributed by atoms with E-state index in [1.54, 1.807) is 12.4 Å². The largest absolute Gasteiger partial charge is 0.368 e. The van der Waals surface area contributed by atoms with Crippen molar-refractivity contribution < 1.29 is 0 Å². The van der Waals surface area contributed by atoms with Crippen molar-refractivity contribution in [1.82, 2.24) is 20.2 Å². The normalized spacial score (nSPS) is 19.6. The van der Waals surface area contributed by atoms with Gasteiger partial charge >= 0.3 is 0 Å². The summed E-state index contributed by atoms with van der Waals surface area (Å²) in [6, 6.07) is 2.24. The Hall–Kier alpha value is -2.21. The van der Waals surface area contributed by atoms with E-state index in [0.29, 0.717) is 0 Å². The quantitative estimate of drug-likeness (QED) is 0.678. The first kappa shape index (κ1) is 10.7.